The summed E-state index contributed by atoms with van der Waals surface area (Å²) in [6.07, 6.45) is 0.409. The van der Waals surface area contributed by atoms with Crippen molar-refractivity contribution in [2.45, 2.75) is 51.4 Å². The number of hydrogen-bond acceptors (Lipinski definition) is 4. The first-order valence-electron chi connectivity index (χ1n) is 11.5. The molecule has 0 aliphatic carbocycles. The van der Waals surface area contributed by atoms with Crippen molar-refractivity contribution in [2.75, 3.05) is 13.2 Å². The van der Waals surface area contributed by atoms with Crippen LogP contribution in [0.2, 0.25) is 0 Å². The number of aliphatic hydroxyl groups is 2. The van der Waals surface area contributed by atoms with E-state index in [1.807, 2.05) is 19.1 Å². The van der Waals surface area contributed by atoms with Crippen LogP contribution in [0.5, 0.6) is 5.75 Å². The van der Waals surface area contributed by atoms with E-state index in [2.05, 4.69) is 31.2 Å². The van der Waals surface area contributed by atoms with Crippen LogP contribution >= 0.6 is 0 Å². The summed E-state index contributed by atoms with van der Waals surface area (Å²) in [6, 6.07) is 18.8. The van der Waals surface area contributed by atoms with Crippen LogP contribution in [0, 0.1) is 12.7 Å². The predicted octanol–water partition coefficient (Wildman–Crippen LogP) is 5.36. The fourth-order valence-electron chi connectivity index (χ4n) is 4.51. The van der Waals surface area contributed by atoms with Crippen LogP contribution in [0.4, 0.5) is 4.39 Å². The van der Waals surface area contributed by atoms with Gasteiger partial charge in [0.05, 0.1) is 31.5 Å². The molecule has 1 aliphatic heterocycles. The molecule has 3 aromatic carbocycles. The number of halogens is 1. The lowest BCUT2D eigenvalue weighted by Gasteiger charge is -2.33. The minimum atomic E-state index is -0.522. The van der Waals surface area contributed by atoms with Crippen molar-refractivity contribution >= 4 is 0 Å². The van der Waals surface area contributed by atoms with Gasteiger partial charge in [-0.15, -0.1) is 0 Å². The van der Waals surface area contributed by atoms with Crippen LogP contribution in [0.3, 0.4) is 0 Å². The summed E-state index contributed by atoms with van der Waals surface area (Å²) in [4.78, 5) is 0. The number of aliphatic hydroxyl groups excluding tert-OH is 2. The molecule has 0 radical (unpaired) electrons. The number of ether oxygens (including phenoxy) is 2. The second-order valence-electron chi connectivity index (χ2n) is 8.67. The van der Waals surface area contributed by atoms with Gasteiger partial charge in [0.2, 0.25) is 0 Å². The molecule has 0 spiro atoms. The highest BCUT2D eigenvalue weighted by atomic mass is 19.1. The Morgan fingerprint density at radius 3 is 2.42 bits per heavy atom. The smallest absolute Gasteiger partial charge is 0.123 e. The maximum Gasteiger partial charge on any atom is 0.123 e. The first-order valence-corrected chi connectivity index (χ1v) is 11.5. The van der Waals surface area contributed by atoms with Gasteiger partial charge in [0.15, 0.2) is 0 Å². The number of benzene rings is 3. The van der Waals surface area contributed by atoms with Crippen molar-refractivity contribution in [3.63, 3.8) is 0 Å². The summed E-state index contributed by atoms with van der Waals surface area (Å²) in [7, 11) is 0. The Bertz CT molecular complexity index is 1060. The van der Waals surface area contributed by atoms with E-state index in [0.29, 0.717) is 19.4 Å². The first kappa shape index (κ1) is 23.4. The molecule has 1 aliphatic rings. The van der Waals surface area contributed by atoms with E-state index < -0.39 is 6.10 Å². The van der Waals surface area contributed by atoms with Crippen LogP contribution in [0.25, 0.3) is 11.1 Å². The van der Waals surface area contributed by atoms with Gasteiger partial charge in [-0.3, -0.25) is 0 Å². The van der Waals surface area contributed by atoms with Crippen molar-refractivity contribution in [1.82, 2.24) is 0 Å². The summed E-state index contributed by atoms with van der Waals surface area (Å²) in [5, 5.41) is 19.9. The normalized spacial score (nSPS) is 20.6. The van der Waals surface area contributed by atoms with Crippen molar-refractivity contribution in [2.24, 2.45) is 0 Å². The summed E-state index contributed by atoms with van der Waals surface area (Å²) in [6.45, 7) is 4.55. The largest absolute Gasteiger partial charge is 0.494 e. The van der Waals surface area contributed by atoms with E-state index >= 15 is 0 Å². The summed E-state index contributed by atoms with van der Waals surface area (Å²) >= 11 is 0. The third kappa shape index (κ3) is 5.61. The topological polar surface area (TPSA) is 58.9 Å². The molecule has 0 aromatic heterocycles. The van der Waals surface area contributed by atoms with E-state index in [-0.39, 0.29) is 24.6 Å². The Morgan fingerprint density at radius 1 is 1.03 bits per heavy atom. The summed E-state index contributed by atoms with van der Waals surface area (Å²) in [5.41, 5.74) is 6.31. The maximum absolute atomic E-state index is 13.6. The Balaban J connectivity index is 1.73. The number of hydrogen-bond donors (Lipinski definition) is 2. The zero-order valence-corrected chi connectivity index (χ0v) is 19.1. The quantitative estimate of drug-likeness (QED) is 0.509. The fourth-order valence-corrected chi connectivity index (χ4v) is 4.51. The van der Waals surface area contributed by atoms with Gasteiger partial charge >= 0.3 is 0 Å². The molecule has 4 nitrogen and oxygen atoms in total. The lowest BCUT2D eigenvalue weighted by molar-refractivity contribution is -0.113. The van der Waals surface area contributed by atoms with Crippen LogP contribution in [0.15, 0.2) is 60.7 Å². The molecule has 2 N–H and O–H groups in total. The van der Waals surface area contributed by atoms with E-state index in [4.69, 9.17) is 9.47 Å². The molecule has 33 heavy (non-hydrogen) atoms. The Kier molecular flexibility index (Phi) is 7.43. The van der Waals surface area contributed by atoms with Crippen LogP contribution < -0.4 is 4.74 Å². The van der Waals surface area contributed by atoms with Crippen molar-refractivity contribution < 1.29 is 24.1 Å². The molecule has 1 heterocycles. The molecular formula is C28H31FO4. The number of rotatable bonds is 7. The lowest BCUT2D eigenvalue weighted by atomic mass is 9.87. The molecule has 1 fully saturated rings. The Morgan fingerprint density at radius 2 is 1.76 bits per heavy atom. The Labute approximate surface area is 194 Å². The molecule has 3 atom stereocenters. The second-order valence-corrected chi connectivity index (χ2v) is 8.67. The van der Waals surface area contributed by atoms with E-state index in [1.54, 1.807) is 12.1 Å². The summed E-state index contributed by atoms with van der Waals surface area (Å²) < 4.78 is 25.2. The zero-order valence-electron chi connectivity index (χ0n) is 19.1. The van der Waals surface area contributed by atoms with E-state index in [0.717, 1.165) is 45.6 Å². The maximum atomic E-state index is 13.6. The van der Waals surface area contributed by atoms with Crippen LogP contribution in [0.1, 0.15) is 48.1 Å². The predicted molar refractivity (Wildman–Crippen MR) is 127 cm³/mol. The van der Waals surface area contributed by atoms with Gasteiger partial charge in [0.1, 0.15) is 11.6 Å². The third-order valence-electron chi connectivity index (χ3n) is 6.27. The molecule has 0 bridgehead atoms. The minimum absolute atomic E-state index is 0.122. The summed E-state index contributed by atoms with van der Waals surface area (Å²) in [5.74, 6) is 0.574. The average Bonchev–Trinajstić information content (AvgIpc) is 2.82. The van der Waals surface area contributed by atoms with Gasteiger partial charge in [-0.25, -0.2) is 4.39 Å². The molecule has 5 heteroatoms. The van der Waals surface area contributed by atoms with Gasteiger partial charge in [-0.1, -0.05) is 30.3 Å². The van der Waals surface area contributed by atoms with Gasteiger partial charge in [0.25, 0.3) is 0 Å². The molecule has 174 valence electrons. The molecule has 3 aromatic rings. The van der Waals surface area contributed by atoms with E-state index in [9.17, 15) is 14.6 Å². The average molecular weight is 451 g/mol. The molecular weight excluding hydrogens is 419 g/mol. The van der Waals surface area contributed by atoms with Crippen molar-refractivity contribution in [1.29, 1.82) is 0 Å². The van der Waals surface area contributed by atoms with Crippen LogP contribution in [-0.4, -0.2) is 35.6 Å². The second kappa shape index (κ2) is 10.5. The van der Waals surface area contributed by atoms with Gasteiger partial charge < -0.3 is 19.7 Å². The zero-order chi connectivity index (χ0) is 23.4. The highest BCUT2D eigenvalue weighted by Crippen LogP contribution is 2.37. The Hall–Kier alpha value is -2.73. The van der Waals surface area contributed by atoms with Gasteiger partial charge in [0, 0.05) is 12.8 Å². The fraction of sp³-hybridized carbons (Fsp3) is 0.357. The molecule has 4 rings (SSSR count). The lowest BCUT2D eigenvalue weighted by Crippen LogP contribution is -2.33. The third-order valence-corrected chi connectivity index (χ3v) is 6.27. The highest BCUT2D eigenvalue weighted by Gasteiger charge is 2.29. The van der Waals surface area contributed by atoms with E-state index in [1.165, 1.54) is 12.1 Å². The van der Waals surface area contributed by atoms with Crippen LogP contribution in [-0.2, 0) is 11.2 Å². The van der Waals surface area contributed by atoms with Gasteiger partial charge in [-0.05, 0) is 84.0 Å². The molecule has 1 saturated heterocycles. The minimum Gasteiger partial charge on any atom is -0.494 e. The molecule has 0 amide bonds. The highest BCUT2D eigenvalue weighted by molar-refractivity contribution is 5.70. The SMILES string of the molecule is CCOc1ccc(Cc2cc(C3CC(O)CC(CO)O3)cc(-c3ccc(F)cc3)c2C)cc1. The first-order chi connectivity index (χ1) is 16.0. The van der Waals surface area contributed by atoms with Crippen molar-refractivity contribution in [3.05, 3.63) is 88.7 Å². The monoisotopic (exact) mass is 450 g/mol. The standard InChI is InChI=1S/C28H31FO4/c1-3-32-25-10-4-19(5-11-25)12-21-13-22(28-16-24(31)15-26(17-30)33-28)14-27(18(21)2)20-6-8-23(29)9-7-20/h4-11,13-14,24,26,28,30-31H,3,12,15-17H2,1-2H3. The van der Waals surface area contributed by atoms with Crippen molar-refractivity contribution in [3.8, 4) is 16.9 Å². The molecule has 3 unspecified atom stereocenters. The van der Waals surface area contributed by atoms with Gasteiger partial charge in [-0.2, -0.15) is 0 Å². The molecule has 0 saturated carbocycles.